The Labute approximate surface area is 132 Å². The molecule has 0 radical (unpaired) electrons. The van der Waals surface area contributed by atoms with Gasteiger partial charge in [-0.1, -0.05) is 0 Å². The van der Waals surface area contributed by atoms with E-state index in [1.807, 2.05) is 0 Å². The number of methoxy groups -OCH3 is 3. The Morgan fingerprint density at radius 1 is 1.14 bits per heavy atom. The van der Waals surface area contributed by atoms with Crippen molar-refractivity contribution in [1.29, 1.82) is 0 Å². The summed E-state index contributed by atoms with van der Waals surface area (Å²) in [6.45, 7) is 1.67. The van der Waals surface area contributed by atoms with Crippen LogP contribution in [0.25, 0.3) is 0 Å². The van der Waals surface area contributed by atoms with E-state index in [1.165, 1.54) is 24.6 Å². The van der Waals surface area contributed by atoms with Crippen LogP contribution in [0.15, 0.2) is 23.1 Å². The van der Waals surface area contributed by atoms with Crippen molar-refractivity contribution in [3.63, 3.8) is 0 Å². The third kappa shape index (κ3) is 3.53. The zero-order chi connectivity index (χ0) is 16.2. The number of hydrogen-bond acceptors (Lipinski definition) is 5. The van der Waals surface area contributed by atoms with Crippen molar-refractivity contribution < 1.29 is 22.6 Å². The van der Waals surface area contributed by atoms with Crippen molar-refractivity contribution in [2.45, 2.75) is 17.7 Å². The smallest absolute Gasteiger partial charge is 0.246 e. The highest BCUT2D eigenvalue weighted by Gasteiger charge is 2.31. The van der Waals surface area contributed by atoms with Crippen LogP contribution in [0.2, 0.25) is 0 Å². The first-order valence-corrected chi connectivity index (χ1v) is 8.68. The van der Waals surface area contributed by atoms with E-state index in [2.05, 4.69) is 0 Å². The third-order valence-electron chi connectivity index (χ3n) is 3.96. The molecule has 7 heteroatoms. The van der Waals surface area contributed by atoms with Gasteiger partial charge < -0.3 is 14.2 Å². The van der Waals surface area contributed by atoms with Gasteiger partial charge in [-0.2, -0.15) is 4.31 Å². The van der Waals surface area contributed by atoms with Crippen molar-refractivity contribution in [1.82, 2.24) is 4.31 Å². The van der Waals surface area contributed by atoms with Gasteiger partial charge in [-0.05, 0) is 30.9 Å². The lowest BCUT2D eigenvalue weighted by Gasteiger charge is -2.31. The van der Waals surface area contributed by atoms with E-state index in [0.717, 1.165) is 12.8 Å². The second kappa shape index (κ2) is 7.30. The SMILES string of the molecule is COCC1CCN(S(=O)(=O)c2cc(OC)ccc2OC)CC1. The molecule has 0 N–H and O–H groups in total. The molecule has 0 saturated carbocycles. The fourth-order valence-corrected chi connectivity index (χ4v) is 4.32. The number of ether oxygens (including phenoxy) is 3. The Bertz CT molecular complexity index is 594. The van der Waals surface area contributed by atoms with Gasteiger partial charge in [0.25, 0.3) is 0 Å². The van der Waals surface area contributed by atoms with Crippen LogP contribution in [0, 0.1) is 5.92 Å². The summed E-state index contributed by atoms with van der Waals surface area (Å²) in [6, 6.07) is 4.81. The summed E-state index contributed by atoms with van der Waals surface area (Å²) in [5, 5.41) is 0. The molecule has 0 amide bonds. The summed E-state index contributed by atoms with van der Waals surface area (Å²) < 4.78 is 42.7. The van der Waals surface area contributed by atoms with Gasteiger partial charge in [0.1, 0.15) is 16.4 Å². The van der Waals surface area contributed by atoms with Crippen molar-refractivity contribution >= 4 is 10.0 Å². The molecule has 1 aromatic rings. The van der Waals surface area contributed by atoms with Crippen LogP contribution < -0.4 is 9.47 Å². The van der Waals surface area contributed by atoms with Crippen LogP contribution >= 0.6 is 0 Å². The Morgan fingerprint density at radius 2 is 1.82 bits per heavy atom. The Balaban J connectivity index is 2.24. The molecule has 1 fully saturated rings. The van der Waals surface area contributed by atoms with Gasteiger partial charge in [-0.3, -0.25) is 0 Å². The summed E-state index contributed by atoms with van der Waals surface area (Å²) in [4.78, 5) is 0.152. The van der Waals surface area contributed by atoms with Gasteiger partial charge >= 0.3 is 0 Å². The molecule has 0 bridgehead atoms. The molecule has 0 aliphatic carbocycles. The first-order valence-electron chi connectivity index (χ1n) is 7.24. The summed E-state index contributed by atoms with van der Waals surface area (Å²) in [5.74, 6) is 1.25. The highest BCUT2D eigenvalue weighted by atomic mass is 32.2. The molecule has 1 heterocycles. The molecule has 0 atom stereocenters. The summed E-state index contributed by atoms with van der Waals surface area (Å²) in [6.07, 6.45) is 1.61. The third-order valence-corrected chi connectivity index (χ3v) is 5.88. The first kappa shape index (κ1) is 17.1. The highest BCUT2D eigenvalue weighted by Crippen LogP contribution is 2.32. The number of nitrogens with zero attached hydrogens (tertiary/aromatic N) is 1. The average Bonchev–Trinajstić information content (AvgIpc) is 2.55. The van der Waals surface area contributed by atoms with Crippen LogP contribution in [0.1, 0.15) is 12.8 Å². The van der Waals surface area contributed by atoms with E-state index in [9.17, 15) is 8.42 Å². The maximum Gasteiger partial charge on any atom is 0.246 e. The van der Waals surface area contributed by atoms with Crippen LogP contribution in [0.3, 0.4) is 0 Å². The van der Waals surface area contributed by atoms with E-state index in [1.54, 1.807) is 19.2 Å². The second-order valence-corrected chi connectivity index (χ2v) is 7.23. The maximum atomic E-state index is 12.9. The molecule has 22 heavy (non-hydrogen) atoms. The zero-order valence-electron chi connectivity index (χ0n) is 13.2. The Hall–Kier alpha value is -1.31. The minimum atomic E-state index is -3.59. The number of piperidine rings is 1. The average molecular weight is 329 g/mol. The van der Waals surface area contributed by atoms with Gasteiger partial charge in [-0.15, -0.1) is 0 Å². The molecule has 0 spiro atoms. The molecule has 0 aromatic heterocycles. The fraction of sp³-hybridized carbons (Fsp3) is 0.600. The molecule has 0 unspecified atom stereocenters. The molecular weight excluding hydrogens is 306 g/mol. The van der Waals surface area contributed by atoms with Crippen molar-refractivity contribution in [2.75, 3.05) is 41.0 Å². The van der Waals surface area contributed by atoms with Crippen LogP contribution in [0.5, 0.6) is 11.5 Å². The lowest BCUT2D eigenvalue weighted by molar-refractivity contribution is 0.121. The van der Waals surface area contributed by atoms with E-state index in [0.29, 0.717) is 37.1 Å². The molecule has 1 saturated heterocycles. The molecule has 6 nitrogen and oxygen atoms in total. The summed E-state index contributed by atoms with van der Waals surface area (Å²) in [7, 11) is 1.05. The minimum absolute atomic E-state index is 0.152. The van der Waals surface area contributed by atoms with Crippen molar-refractivity contribution in [2.24, 2.45) is 5.92 Å². The van der Waals surface area contributed by atoms with Gasteiger partial charge in [0, 0.05) is 32.9 Å². The van der Waals surface area contributed by atoms with Gasteiger partial charge in [0.15, 0.2) is 0 Å². The topological polar surface area (TPSA) is 65.1 Å². The number of rotatable bonds is 6. The number of hydrogen-bond donors (Lipinski definition) is 0. The fourth-order valence-electron chi connectivity index (χ4n) is 2.68. The van der Waals surface area contributed by atoms with Crippen molar-refractivity contribution in [3.8, 4) is 11.5 Å². The molecule has 1 aromatic carbocycles. The second-order valence-electron chi connectivity index (χ2n) is 5.32. The van der Waals surface area contributed by atoms with Gasteiger partial charge in [0.05, 0.1) is 14.2 Å². The summed E-state index contributed by atoms with van der Waals surface area (Å²) in [5.41, 5.74) is 0. The molecular formula is C15H23NO5S. The predicted molar refractivity (Wildman–Crippen MR) is 82.9 cm³/mol. The number of benzene rings is 1. The quantitative estimate of drug-likeness (QED) is 0.795. The zero-order valence-corrected chi connectivity index (χ0v) is 14.1. The Morgan fingerprint density at radius 3 is 2.36 bits per heavy atom. The van der Waals surface area contributed by atoms with E-state index in [-0.39, 0.29) is 4.90 Å². The monoisotopic (exact) mass is 329 g/mol. The molecule has 124 valence electrons. The van der Waals surface area contributed by atoms with E-state index < -0.39 is 10.0 Å². The van der Waals surface area contributed by atoms with Crippen molar-refractivity contribution in [3.05, 3.63) is 18.2 Å². The molecule has 1 aliphatic rings. The normalized spacial score (nSPS) is 17.4. The Kier molecular flexibility index (Phi) is 5.66. The summed E-state index contributed by atoms with van der Waals surface area (Å²) >= 11 is 0. The first-order chi connectivity index (χ1) is 10.5. The van der Waals surface area contributed by atoms with Gasteiger partial charge in [-0.25, -0.2) is 8.42 Å². The molecule has 2 rings (SSSR count). The van der Waals surface area contributed by atoms with E-state index >= 15 is 0 Å². The van der Waals surface area contributed by atoms with Gasteiger partial charge in [0.2, 0.25) is 10.0 Å². The predicted octanol–water partition coefficient (Wildman–Crippen LogP) is 1.75. The maximum absolute atomic E-state index is 12.9. The lowest BCUT2D eigenvalue weighted by atomic mass is 9.99. The highest BCUT2D eigenvalue weighted by molar-refractivity contribution is 7.89. The van der Waals surface area contributed by atoms with E-state index in [4.69, 9.17) is 14.2 Å². The largest absolute Gasteiger partial charge is 0.497 e. The standard InChI is InChI=1S/C15H23NO5S/c1-19-11-12-6-8-16(9-7-12)22(17,18)15-10-13(20-2)4-5-14(15)21-3/h4-5,10,12H,6-9,11H2,1-3H3. The molecule has 1 aliphatic heterocycles. The minimum Gasteiger partial charge on any atom is -0.497 e. The van der Waals surface area contributed by atoms with Crippen LogP contribution in [0.4, 0.5) is 0 Å². The number of sulfonamides is 1. The van der Waals surface area contributed by atoms with Crippen LogP contribution in [-0.4, -0.2) is 53.7 Å². The lowest BCUT2D eigenvalue weighted by Crippen LogP contribution is -2.39. The van der Waals surface area contributed by atoms with Crippen LogP contribution in [-0.2, 0) is 14.8 Å².